The van der Waals surface area contributed by atoms with Crippen LogP contribution < -0.4 is 4.72 Å². The number of aryl methyl sites for hydroxylation is 2. The number of sulfonamides is 1. The number of rotatable bonds is 6. The molecule has 0 radical (unpaired) electrons. The van der Waals surface area contributed by atoms with Gasteiger partial charge < -0.3 is 9.67 Å². The molecule has 9 heteroatoms. The Morgan fingerprint density at radius 3 is 2.76 bits per heavy atom. The van der Waals surface area contributed by atoms with E-state index >= 15 is 0 Å². The van der Waals surface area contributed by atoms with Crippen LogP contribution >= 0.6 is 11.8 Å². The Labute approximate surface area is 172 Å². The molecule has 4 rings (SSSR count). The predicted octanol–water partition coefficient (Wildman–Crippen LogP) is 3.56. The Hall–Kier alpha value is -2.78. The SMILES string of the molecule is Cn1ccnc1Sc1ccccc1NS(=O)(=O)c1cc(C(=O)O)cc2c1CCC2. The molecule has 0 saturated carbocycles. The van der Waals surface area contributed by atoms with Crippen molar-refractivity contribution in [1.29, 1.82) is 0 Å². The summed E-state index contributed by atoms with van der Waals surface area (Å²) in [4.78, 5) is 16.5. The molecule has 0 fully saturated rings. The largest absolute Gasteiger partial charge is 0.478 e. The third-order valence-electron chi connectivity index (χ3n) is 4.82. The van der Waals surface area contributed by atoms with Gasteiger partial charge in [-0.25, -0.2) is 18.2 Å². The molecule has 0 unspecified atom stereocenters. The first-order valence-corrected chi connectivity index (χ1v) is 11.3. The summed E-state index contributed by atoms with van der Waals surface area (Å²) < 4.78 is 30.9. The Kier molecular flexibility index (Phi) is 5.10. The Morgan fingerprint density at radius 1 is 1.24 bits per heavy atom. The first kappa shape index (κ1) is 19.5. The maximum absolute atomic E-state index is 13.2. The lowest BCUT2D eigenvalue weighted by molar-refractivity contribution is 0.0696. The summed E-state index contributed by atoms with van der Waals surface area (Å²) in [5, 5.41) is 10.1. The molecule has 1 aliphatic carbocycles. The van der Waals surface area contributed by atoms with Crippen LogP contribution in [0.2, 0.25) is 0 Å². The van der Waals surface area contributed by atoms with Crippen LogP contribution in [0.25, 0.3) is 0 Å². The van der Waals surface area contributed by atoms with Crippen molar-refractivity contribution in [2.45, 2.75) is 34.2 Å². The van der Waals surface area contributed by atoms with Crippen molar-refractivity contribution in [3.8, 4) is 0 Å². The second kappa shape index (κ2) is 7.57. The highest BCUT2D eigenvalue weighted by Gasteiger charge is 2.27. The van der Waals surface area contributed by atoms with Crippen LogP contribution in [-0.4, -0.2) is 29.0 Å². The van der Waals surface area contributed by atoms with Gasteiger partial charge in [-0.15, -0.1) is 0 Å². The number of imidazole rings is 1. The molecule has 1 aliphatic rings. The van der Waals surface area contributed by atoms with Gasteiger partial charge in [-0.1, -0.05) is 12.1 Å². The van der Waals surface area contributed by atoms with Gasteiger partial charge in [-0.2, -0.15) is 0 Å². The van der Waals surface area contributed by atoms with Gasteiger partial charge in [0.15, 0.2) is 5.16 Å². The van der Waals surface area contributed by atoms with Gasteiger partial charge >= 0.3 is 5.97 Å². The van der Waals surface area contributed by atoms with Gasteiger partial charge in [-0.3, -0.25) is 4.72 Å². The zero-order valence-corrected chi connectivity index (χ0v) is 17.3. The lowest BCUT2D eigenvalue weighted by Gasteiger charge is -2.15. The molecule has 29 heavy (non-hydrogen) atoms. The zero-order chi connectivity index (χ0) is 20.6. The maximum Gasteiger partial charge on any atom is 0.335 e. The fourth-order valence-electron chi connectivity index (χ4n) is 3.42. The Bertz CT molecular complexity index is 1200. The quantitative estimate of drug-likeness (QED) is 0.621. The summed E-state index contributed by atoms with van der Waals surface area (Å²) in [5.74, 6) is -1.14. The molecule has 150 valence electrons. The number of carboxylic acids is 1. The van der Waals surface area contributed by atoms with Crippen molar-refractivity contribution in [3.05, 3.63) is 65.5 Å². The normalized spacial score (nSPS) is 13.3. The topological polar surface area (TPSA) is 101 Å². The molecule has 2 N–H and O–H groups in total. The maximum atomic E-state index is 13.2. The van der Waals surface area contributed by atoms with E-state index in [0.29, 0.717) is 29.0 Å². The second-order valence-electron chi connectivity index (χ2n) is 6.80. The van der Waals surface area contributed by atoms with Gasteiger partial charge in [-0.05, 0) is 66.4 Å². The van der Waals surface area contributed by atoms with E-state index < -0.39 is 16.0 Å². The van der Waals surface area contributed by atoms with E-state index in [1.165, 1.54) is 17.8 Å². The minimum absolute atomic E-state index is 0.0123. The number of aromatic carboxylic acids is 1. The van der Waals surface area contributed by atoms with Gasteiger partial charge in [0.2, 0.25) is 0 Å². The number of aromatic nitrogens is 2. The number of fused-ring (bicyclic) bond motifs is 1. The molecule has 1 heterocycles. The van der Waals surface area contributed by atoms with Gasteiger partial charge in [0.05, 0.1) is 16.1 Å². The van der Waals surface area contributed by atoms with Gasteiger partial charge in [0.25, 0.3) is 10.0 Å². The van der Waals surface area contributed by atoms with Crippen LogP contribution in [0.4, 0.5) is 5.69 Å². The fraction of sp³-hybridized carbons (Fsp3) is 0.200. The summed E-state index contributed by atoms with van der Waals surface area (Å²) in [5.41, 5.74) is 1.91. The Balaban J connectivity index is 1.72. The molecular weight excluding hydrogens is 410 g/mol. The van der Waals surface area contributed by atoms with Crippen LogP contribution in [0.5, 0.6) is 0 Å². The number of hydrogen-bond donors (Lipinski definition) is 2. The average molecular weight is 430 g/mol. The number of carboxylic acid groups (broad SMARTS) is 1. The number of para-hydroxylation sites is 1. The summed E-state index contributed by atoms with van der Waals surface area (Å²) >= 11 is 1.35. The highest BCUT2D eigenvalue weighted by molar-refractivity contribution is 7.99. The van der Waals surface area contributed by atoms with E-state index in [1.807, 2.05) is 29.9 Å². The number of carbonyl (C=O) groups is 1. The van der Waals surface area contributed by atoms with E-state index in [2.05, 4.69) is 9.71 Å². The van der Waals surface area contributed by atoms with E-state index in [1.54, 1.807) is 24.4 Å². The lowest BCUT2D eigenvalue weighted by Crippen LogP contribution is -2.17. The smallest absolute Gasteiger partial charge is 0.335 e. The molecule has 1 aromatic heterocycles. The molecule has 0 aliphatic heterocycles. The van der Waals surface area contributed by atoms with Crippen LogP contribution in [0.15, 0.2) is 63.7 Å². The predicted molar refractivity (Wildman–Crippen MR) is 110 cm³/mol. The molecule has 0 amide bonds. The molecule has 0 saturated heterocycles. The molecule has 0 atom stereocenters. The lowest BCUT2D eigenvalue weighted by atomic mass is 10.1. The van der Waals surface area contributed by atoms with Crippen molar-refractivity contribution >= 4 is 33.4 Å². The third kappa shape index (κ3) is 3.88. The molecule has 3 aromatic rings. The fourth-order valence-corrected chi connectivity index (χ4v) is 5.79. The highest BCUT2D eigenvalue weighted by Crippen LogP contribution is 2.35. The molecular formula is C20H19N3O4S2. The van der Waals surface area contributed by atoms with Crippen LogP contribution in [0, 0.1) is 0 Å². The highest BCUT2D eigenvalue weighted by atomic mass is 32.2. The minimum Gasteiger partial charge on any atom is -0.478 e. The van der Waals surface area contributed by atoms with Gasteiger partial charge in [0, 0.05) is 24.3 Å². The van der Waals surface area contributed by atoms with E-state index in [4.69, 9.17) is 0 Å². The van der Waals surface area contributed by atoms with E-state index in [9.17, 15) is 18.3 Å². The molecule has 7 nitrogen and oxygen atoms in total. The van der Waals surface area contributed by atoms with Crippen molar-refractivity contribution in [2.75, 3.05) is 4.72 Å². The minimum atomic E-state index is -3.96. The van der Waals surface area contributed by atoms with Crippen molar-refractivity contribution in [3.63, 3.8) is 0 Å². The first-order valence-electron chi connectivity index (χ1n) is 9.01. The monoisotopic (exact) mass is 429 g/mol. The number of anilines is 1. The second-order valence-corrected chi connectivity index (χ2v) is 9.46. The number of benzene rings is 2. The van der Waals surface area contributed by atoms with E-state index in [-0.39, 0.29) is 10.5 Å². The standard InChI is InChI=1S/C20H19N3O4S2/c1-23-10-9-21-20(23)28-17-8-3-2-7-16(17)22-29(26,27)18-12-14(19(24)25)11-13-5-4-6-15(13)18/h2-3,7-12,22H,4-6H2,1H3,(H,24,25). The average Bonchev–Trinajstić information content (AvgIpc) is 3.31. The third-order valence-corrected chi connectivity index (χ3v) is 7.40. The van der Waals surface area contributed by atoms with Crippen LogP contribution in [0.3, 0.4) is 0 Å². The zero-order valence-electron chi connectivity index (χ0n) is 15.6. The summed E-state index contributed by atoms with van der Waals surface area (Å²) in [7, 11) is -2.10. The van der Waals surface area contributed by atoms with Crippen molar-refractivity contribution in [2.24, 2.45) is 7.05 Å². The number of nitrogens with one attached hydrogen (secondary N) is 1. The summed E-state index contributed by atoms with van der Waals surface area (Å²) in [6, 6.07) is 9.90. The number of nitrogens with zero attached hydrogens (tertiary/aromatic N) is 2. The summed E-state index contributed by atoms with van der Waals surface area (Å²) in [6.45, 7) is 0. The van der Waals surface area contributed by atoms with Crippen LogP contribution in [-0.2, 0) is 29.9 Å². The Morgan fingerprint density at radius 2 is 2.03 bits per heavy atom. The van der Waals surface area contributed by atoms with Gasteiger partial charge in [0.1, 0.15) is 0 Å². The molecule has 0 bridgehead atoms. The molecule has 2 aromatic carbocycles. The summed E-state index contributed by atoms with van der Waals surface area (Å²) in [6.07, 6.45) is 5.61. The van der Waals surface area contributed by atoms with E-state index in [0.717, 1.165) is 17.1 Å². The van der Waals surface area contributed by atoms with Crippen molar-refractivity contribution < 1.29 is 18.3 Å². The number of hydrogen-bond acceptors (Lipinski definition) is 5. The van der Waals surface area contributed by atoms with Crippen LogP contribution in [0.1, 0.15) is 27.9 Å². The first-order chi connectivity index (χ1) is 13.8. The molecule has 0 spiro atoms. The van der Waals surface area contributed by atoms with Crippen molar-refractivity contribution in [1.82, 2.24) is 9.55 Å².